The molecule has 104 valence electrons. The second-order valence-electron chi connectivity index (χ2n) is 4.38. The van der Waals surface area contributed by atoms with E-state index in [1.807, 2.05) is 6.92 Å². The molecule has 6 nitrogen and oxygen atoms in total. The van der Waals surface area contributed by atoms with Gasteiger partial charge in [-0.2, -0.15) is 0 Å². The molecule has 0 aliphatic carbocycles. The van der Waals surface area contributed by atoms with Gasteiger partial charge in [0.1, 0.15) is 0 Å². The molecule has 0 saturated heterocycles. The predicted octanol–water partition coefficient (Wildman–Crippen LogP) is -1.24. The van der Waals surface area contributed by atoms with E-state index in [9.17, 15) is 19.6 Å². The average molecular weight is 274 g/mol. The molecule has 7 heteroatoms. The lowest BCUT2D eigenvalue weighted by Crippen LogP contribution is -2.41. The van der Waals surface area contributed by atoms with E-state index in [1.54, 1.807) is 24.3 Å². The summed E-state index contributed by atoms with van der Waals surface area (Å²) in [6.07, 6.45) is 1.45. The van der Waals surface area contributed by atoms with Crippen LogP contribution in [-0.2, 0) is 13.1 Å². The molecule has 0 aliphatic heterocycles. The van der Waals surface area contributed by atoms with Crippen LogP contribution in [0.1, 0.15) is 12.5 Å². The van der Waals surface area contributed by atoms with Gasteiger partial charge in [-0.3, -0.25) is 9.36 Å². The van der Waals surface area contributed by atoms with Crippen LogP contribution in [0.4, 0.5) is 0 Å². The molecular formula is C13H15BN2O4. The third-order valence-corrected chi connectivity index (χ3v) is 3.14. The molecule has 0 aliphatic rings. The summed E-state index contributed by atoms with van der Waals surface area (Å²) in [5.41, 5.74) is -0.0228. The van der Waals surface area contributed by atoms with Crippen molar-refractivity contribution in [2.75, 3.05) is 0 Å². The predicted molar refractivity (Wildman–Crippen MR) is 76.0 cm³/mol. The summed E-state index contributed by atoms with van der Waals surface area (Å²) in [4.78, 5) is 23.9. The number of rotatable bonds is 4. The van der Waals surface area contributed by atoms with Crippen LogP contribution >= 0.6 is 0 Å². The second kappa shape index (κ2) is 5.89. The van der Waals surface area contributed by atoms with Gasteiger partial charge in [-0.25, -0.2) is 4.79 Å². The van der Waals surface area contributed by atoms with Crippen LogP contribution in [0.2, 0.25) is 0 Å². The summed E-state index contributed by atoms with van der Waals surface area (Å²) < 4.78 is 2.49. The van der Waals surface area contributed by atoms with Gasteiger partial charge in [0.15, 0.2) is 0 Å². The largest absolute Gasteiger partial charge is 0.488 e. The Bertz CT molecular complexity index is 721. The summed E-state index contributed by atoms with van der Waals surface area (Å²) in [5.74, 6) is 0. The lowest BCUT2D eigenvalue weighted by Gasteiger charge is -2.11. The molecule has 1 aromatic carbocycles. The third kappa shape index (κ3) is 2.73. The number of benzene rings is 1. The van der Waals surface area contributed by atoms with Crippen LogP contribution < -0.4 is 16.7 Å². The van der Waals surface area contributed by atoms with Gasteiger partial charge in [-0.1, -0.05) is 24.3 Å². The normalized spacial score (nSPS) is 10.6. The van der Waals surface area contributed by atoms with Crippen LogP contribution in [0.15, 0.2) is 46.1 Å². The Morgan fingerprint density at radius 2 is 1.85 bits per heavy atom. The maximum absolute atomic E-state index is 12.1. The van der Waals surface area contributed by atoms with Crippen molar-refractivity contribution in [3.05, 3.63) is 62.9 Å². The van der Waals surface area contributed by atoms with Gasteiger partial charge in [0.05, 0.1) is 6.54 Å². The summed E-state index contributed by atoms with van der Waals surface area (Å²) in [6.45, 7) is 2.28. The van der Waals surface area contributed by atoms with Gasteiger partial charge < -0.3 is 14.6 Å². The summed E-state index contributed by atoms with van der Waals surface area (Å²) in [6, 6.07) is 7.91. The van der Waals surface area contributed by atoms with Crippen LogP contribution in [0.5, 0.6) is 0 Å². The zero-order valence-corrected chi connectivity index (χ0v) is 11.1. The van der Waals surface area contributed by atoms with E-state index < -0.39 is 18.4 Å². The van der Waals surface area contributed by atoms with Gasteiger partial charge in [0.2, 0.25) is 0 Å². The summed E-state index contributed by atoms with van der Waals surface area (Å²) >= 11 is 0. The van der Waals surface area contributed by atoms with E-state index in [2.05, 4.69) is 0 Å². The Balaban J connectivity index is 2.51. The maximum atomic E-state index is 12.1. The highest BCUT2D eigenvalue weighted by molar-refractivity contribution is 6.59. The number of hydrogen-bond acceptors (Lipinski definition) is 4. The lowest BCUT2D eigenvalue weighted by molar-refractivity contribution is 0.425. The highest BCUT2D eigenvalue weighted by Crippen LogP contribution is 1.98. The van der Waals surface area contributed by atoms with Crippen LogP contribution in [0.3, 0.4) is 0 Å². The van der Waals surface area contributed by atoms with Crippen molar-refractivity contribution in [1.82, 2.24) is 9.13 Å². The van der Waals surface area contributed by atoms with Crippen molar-refractivity contribution < 1.29 is 10.0 Å². The standard InChI is InChI=1S/C13H15BN2O4/c1-2-15-8-7-12(17)16(13(15)18)9-10-5-3-4-6-11(10)14(19)20/h3-8,19-20H,2,9H2,1H3. The number of aryl methyl sites for hydroxylation is 1. The zero-order valence-electron chi connectivity index (χ0n) is 11.1. The Kier molecular flexibility index (Phi) is 4.21. The minimum absolute atomic E-state index is 0.00625. The van der Waals surface area contributed by atoms with E-state index >= 15 is 0 Å². The van der Waals surface area contributed by atoms with Gasteiger partial charge in [-0.15, -0.1) is 0 Å². The number of aromatic nitrogens is 2. The van der Waals surface area contributed by atoms with E-state index in [0.29, 0.717) is 12.1 Å². The fraction of sp³-hybridized carbons (Fsp3) is 0.231. The first-order valence-electron chi connectivity index (χ1n) is 6.28. The van der Waals surface area contributed by atoms with Crippen molar-refractivity contribution in [2.24, 2.45) is 0 Å². The SMILES string of the molecule is CCn1ccc(=O)n(Cc2ccccc2B(O)O)c1=O. The summed E-state index contributed by atoms with van der Waals surface area (Å²) in [7, 11) is -1.64. The molecule has 0 bridgehead atoms. The van der Waals surface area contributed by atoms with Crippen molar-refractivity contribution in [3.8, 4) is 0 Å². The van der Waals surface area contributed by atoms with Crippen LogP contribution in [0.25, 0.3) is 0 Å². The zero-order chi connectivity index (χ0) is 14.7. The number of nitrogens with zero attached hydrogens (tertiary/aromatic N) is 2. The molecule has 0 amide bonds. The van der Waals surface area contributed by atoms with Gasteiger partial charge in [0, 0.05) is 18.8 Å². The molecular weight excluding hydrogens is 259 g/mol. The molecule has 0 atom stereocenters. The number of hydrogen-bond donors (Lipinski definition) is 2. The first kappa shape index (κ1) is 14.3. The Labute approximate surface area is 115 Å². The van der Waals surface area contributed by atoms with E-state index in [4.69, 9.17) is 0 Å². The van der Waals surface area contributed by atoms with Crippen LogP contribution in [0, 0.1) is 0 Å². The molecule has 0 radical (unpaired) electrons. The highest BCUT2D eigenvalue weighted by atomic mass is 16.4. The Hall–Kier alpha value is -2.12. The van der Waals surface area contributed by atoms with Crippen molar-refractivity contribution in [3.63, 3.8) is 0 Å². The molecule has 2 N–H and O–H groups in total. The van der Waals surface area contributed by atoms with E-state index in [0.717, 1.165) is 4.57 Å². The molecule has 0 unspecified atom stereocenters. The first-order valence-corrected chi connectivity index (χ1v) is 6.28. The summed E-state index contributed by atoms with van der Waals surface area (Å²) in [5, 5.41) is 18.6. The maximum Gasteiger partial charge on any atom is 0.488 e. The van der Waals surface area contributed by atoms with Gasteiger partial charge >= 0.3 is 12.8 Å². The minimum atomic E-state index is -1.64. The third-order valence-electron chi connectivity index (χ3n) is 3.14. The molecule has 2 aromatic rings. The Morgan fingerprint density at radius 1 is 1.15 bits per heavy atom. The smallest absolute Gasteiger partial charge is 0.423 e. The van der Waals surface area contributed by atoms with Crippen molar-refractivity contribution >= 4 is 12.6 Å². The molecule has 0 fully saturated rings. The topological polar surface area (TPSA) is 84.5 Å². The molecule has 0 saturated carbocycles. The van der Waals surface area contributed by atoms with E-state index in [-0.39, 0.29) is 12.0 Å². The average Bonchev–Trinajstić information content (AvgIpc) is 2.44. The van der Waals surface area contributed by atoms with E-state index in [1.165, 1.54) is 16.8 Å². The van der Waals surface area contributed by atoms with Crippen molar-refractivity contribution in [2.45, 2.75) is 20.0 Å². The molecule has 1 heterocycles. The Morgan fingerprint density at radius 3 is 2.50 bits per heavy atom. The second-order valence-corrected chi connectivity index (χ2v) is 4.38. The first-order chi connectivity index (χ1) is 9.54. The fourth-order valence-electron chi connectivity index (χ4n) is 2.04. The van der Waals surface area contributed by atoms with Crippen molar-refractivity contribution in [1.29, 1.82) is 0 Å². The van der Waals surface area contributed by atoms with Gasteiger partial charge in [0.25, 0.3) is 5.56 Å². The van der Waals surface area contributed by atoms with Gasteiger partial charge in [-0.05, 0) is 17.9 Å². The molecule has 0 spiro atoms. The lowest BCUT2D eigenvalue weighted by atomic mass is 9.77. The van der Waals surface area contributed by atoms with Crippen LogP contribution in [-0.4, -0.2) is 26.3 Å². The molecule has 20 heavy (non-hydrogen) atoms. The quantitative estimate of drug-likeness (QED) is 0.683. The minimum Gasteiger partial charge on any atom is -0.423 e. The molecule has 2 rings (SSSR count). The fourth-order valence-corrected chi connectivity index (χ4v) is 2.04. The molecule has 1 aromatic heterocycles. The highest BCUT2D eigenvalue weighted by Gasteiger charge is 2.16. The monoisotopic (exact) mass is 274 g/mol.